The highest BCUT2D eigenvalue weighted by atomic mass is 16.2. The van der Waals surface area contributed by atoms with Gasteiger partial charge < -0.3 is 16.6 Å². The third kappa shape index (κ3) is 57.2. The van der Waals surface area contributed by atoms with E-state index in [2.05, 4.69) is 13.8 Å². The summed E-state index contributed by atoms with van der Waals surface area (Å²) in [5, 5.41) is 7.57. The van der Waals surface area contributed by atoms with Gasteiger partial charge in [-0.1, -0.05) is 194 Å². The Balaban J connectivity index is -0.000000681. The van der Waals surface area contributed by atoms with E-state index in [4.69, 9.17) is 16.6 Å². The first-order valence-corrected chi connectivity index (χ1v) is 19.1. The van der Waals surface area contributed by atoms with Crippen LogP contribution in [0.5, 0.6) is 0 Å². The molecule has 0 saturated heterocycles. The zero-order valence-corrected chi connectivity index (χ0v) is 29.8. The molecule has 5 heteroatoms. The molecule has 0 radical (unpaired) electrons. The third-order valence-electron chi connectivity index (χ3n) is 8.05. The molecule has 0 unspecified atom stereocenters. The van der Waals surface area contributed by atoms with E-state index in [-0.39, 0.29) is 18.4 Å². The van der Waals surface area contributed by atoms with E-state index in [1.807, 2.05) is 0 Å². The van der Waals surface area contributed by atoms with Gasteiger partial charge in [0.05, 0.1) is 0 Å². The summed E-state index contributed by atoms with van der Waals surface area (Å²) in [6, 6.07) is 0. The van der Waals surface area contributed by atoms with Gasteiger partial charge in [-0.25, -0.2) is 0 Å². The largest absolute Gasteiger partial charge is 0.397 e. The molecule has 0 atom stereocenters. The van der Waals surface area contributed by atoms with Gasteiger partial charge in [0.1, 0.15) is 0 Å². The molecule has 0 aliphatic carbocycles. The van der Waals surface area contributed by atoms with Gasteiger partial charge in [-0.15, -0.1) is 0 Å². The van der Waals surface area contributed by atoms with Crippen LogP contribution in [0, 0.1) is 0 Å². The summed E-state index contributed by atoms with van der Waals surface area (Å²) >= 11 is 0. The highest BCUT2D eigenvalue weighted by Crippen LogP contribution is 2.15. The van der Waals surface area contributed by atoms with Crippen LogP contribution in [-0.2, 0) is 9.59 Å². The number of primary amides is 2. The maximum atomic E-state index is 10.6. The Labute approximate surface area is 270 Å². The number of carbonyl (C=O) groups is 2. The van der Waals surface area contributed by atoms with Gasteiger partial charge in [-0.3, -0.25) is 9.59 Å². The molecule has 2 amide bonds. The van der Waals surface area contributed by atoms with E-state index in [9.17, 15) is 9.59 Å². The molecule has 0 heterocycles. The van der Waals surface area contributed by atoms with Crippen LogP contribution in [0.1, 0.15) is 226 Å². The van der Waals surface area contributed by atoms with Crippen LogP contribution in [0.4, 0.5) is 0 Å². The molecule has 0 saturated carbocycles. The number of unbranched alkanes of at least 4 members (excludes halogenated alkanes) is 28. The number of aliphatic hydroxyl groups is 1. The van der Waals surface area contributed by atoms with E-state index in [1.54, 1.807) is 6.92 Å². The molecule has 0 spiro atoms. The van der Waals surface area contributed by atoms with Gasteiger partial charge in [-0.05, 0) is 19.8 Å². The van der Waals surface area contributed by atoms with E-state index in [0.29, 0.717) is 12.8 Å². The summed E-state index contributed by atoms with van der Waals surface area (Å²) in [6.07, 6.45) is 41.8. The molecule has 0 aliphatic heterocycles. The van der Waals surface area contributed by atoms with Crippen LogP contribution in [0.3, 0.4) is 0 Å². The van der Waals surface area contributed by atoms with Crippen molar-refractivity contribution in [3.63, 3.8) is 0 Å². The second kappa shape index (κ2) is 45.3. The topological polar surface area (TPSA) is 106 Å². The Hall–Kier alpha value is -1.10. The molecule has 43 heavy (non-hydrogen) atoms. The molecule has 0 bridgehead atoms. The van der Waals surface area contributed by atoms with Crippen molar-refractivity contribution in [3.8, 4) is 0 Å². The molecular formula is C38H80N2O3. The monoisotopic (exact) mass is 613 g/mol. The first-order valence-electron chi connectivity index (χ1n) is 19.1. The van der Waals surface area contributed by atoms with Crippen LogP contribution < -0.4 is 11.5 Å². The summed E-state index contributed by atoms with van der Waals surface area (Å²) in [5.41, 5.74) is 10.2. The van der Waals surface area contributed by atoms with Crippen LogP contribution in [0.15, 0.2) is 0 Å². The highest BCUT2D eigenvalue weighted by Gasteiger charge is 1.97. The molecule has 5 N–H and O–H groups in total. The minimum absolute atomic E-state index is 0.153. The van der Waals surface area contributed by atoms with E-state index in [0.717, 1.165) is 12.8 Å². The van der Waals surface area contributed by atoms with Crippen molar-refractivity contribution < 1.29 is 14.7 Å². The molecule has 0 rings (SSSR count). The van der Waals surface area contributed by atoms with Crippen molar-refractivity contribution in [3.05, 3.63) is 0 Å². The lowest BCUT2D eigenvalue weighted by Gasteiger charge is -2.03. The fraction of sp³-hybridized carbons (Fsp3) is 0.947. The van der Waals surface area contributed by atoms with Crippen molar-refractivity contribution in [2.75, 3.05) is 6.61 Å². The average Bonchev–Trinajstić information content (AvgIpc) is 2.97. The van der Waals surface area contributed by atoms with Crippen molar-refractivity contribution in [1.29, 1.82) is 0 Å². The summed E-state index contributed by atoms with van der Waals surface area (Å²) in [6.45, 7) is 6.48. The average molecular weight is 613 g/mol. The minimum atomic E-state index is -0.153. The van der Waals surface area contributed by atoms with E-state index in [1.165, 1.54) is 180 Å². The minimum Gasteiger partial charge on any atom is -0.397 e. The number of nitrogens with two attached hydrogens (primary N) is 2. The quantitative estimate of drug-likeness (QED) is 0.0658. The fourth-order valence-electron chi connectivity index (χ4n) is 5.34. The van der Waals surface area contributed by atoms with Gasteiger partial charge in [0, 0.05) is 19.4 Å². The number of aliphatic hydroxyl groups excluding tert-OH is 1. The van der Waals surface area contributed by atoms with Gasteiger partial charge in [0.25, 0.3) is 0 Å². The van der Waals surface area contributed by atoms with Crippen LogP contribution in [0.25, 0.3) is 0 Å². The molecule has 5 nitrogen and oxygen atoms in total. The predicted molar refractivity (Wildman–Crippen MR) is 190 cm³/mol. The van der Waals surface area contributed by atoms with Crippen LogP contribution in [-0.4, -0.2) is 23.5 Å². The predicted octanol–water partition coefficient (Wildman–Crippen LogP) is 11.5. The summed E-state index contributed by atoms with van der Waals surface area (Å²) < 4.78 is 0. The Morgan fingerprint density at radius 1 is 0.349 bits per heavy atom. The maximum Gasteiger partial charge on any atom is 0.217 e. The highest BCUT2D eigenvalue weighted by molar-refractivity contribution is 5.73. The number of hydrogen-bond acceptors (Lipinski definition) is 3. The van der Waals surface area contributed by atoms with Crippen LogP contribution in [0.2, 0.25) is 0 Å². The van der Waals surface area contributed by atoms with Crippen LogP contribution >= 0.6 is 0 Å². The molecule has 0 aliphatic rings. The molecule has 260 valence electrons. The lowest BCUT2D eigenvalue weighted by Crippen LogP contribution is -2.09. The number of rotatable bonds is 32. The summed E-state index contributed by atoms with van der Waals surface area (Å²) in [4.78, 5) is 21.1. The number of hydrogen-bond donors (Lipinski definition) is 3. The van der Waals surface area contributed by atoms with Gasteiger partial charge in [0.15, 0.2) is 0 Å². The van der Waals surface area contributed by atoms with Gasteiger partial charge >= 0.3 is 0 Å². The molecule has 0 fully saturated rings. The lowest BCUT2D eigenvalue weighted by molar-refractivity contribution is -0.119. The Bertz CT molecular complexity index is 469. The molecular weight excluding hydrogens is 532 g/mol. The Morgan fingerprint density at radius 2 is 0.488 bits per heavy atom. The first-order chi connectivity index (χ1) is 21.0. The summed E-state index contributed by atoms with van der Waals surface area (Å²) in [5.74, 6) is -0.306. The van der Waals surface area contributed by atoms with Gasteiger partial charge in [-0.2, -0.15) is 0 Å². The first kappa shape index (κ1) is 46.3. The summed E-state index contributed by atoms with van der Waals surface area (Å²) in [7, 11) is 0. The second-order valence-electron chi connectivity index (χ2n) is 12.6. The van der Waals surface area contributed by atoms with E-state index < -0.39 is 0 Å². The fourth-order valence-corrected chi connectivity index (χ4v) is 5.34. The maximum absolute atomic E-state index is 10.6. The van der Waals surface area contributed by atoms with Crippen molar-refractivity contribution >= 4 is 11.8 Å². The standard InChI is InChI=1S/2C18H37NO.C2H6O/c2*1-2-3-4-5-6-7-8-9-10-11-12-13-14-15-16-17-18(19)20;1-2-3/h2*2-17H2,1H3,(H2,19,20);3H,2H2,1H3. The van der Waals surface area contributed by atoms with E-state index >= 15 is 0 Å². The zero-order valence-electron chi connectivity index (χ0n) is 29.8. The normalized spacial score (nSPS) is 10.5. The second-order valence-corrected chi connectivity index (χ2v) is 12.6. The smallest absolute Gasteiger partial charge is 0.217 e. The van der Waals surface area contributed by atoms with Gasteiger partial charge in [0.2, 0.25) is 11.8 Å². The molecule has 0 aromatic carbocycles. The number of amides is 2. The number of carbonyl (C=O) groups excluding carboxylic acids is 2. The van der Waals surface area contributed by atoms with Crippen molar-refractivity contribution in [2.24, 2.45) is 11.5 Å². The third-order valence-corrected chi connectivity index (χ3v) is 8.05. The molecule has 0 aromatic rings. The molecule has 0 aromatic heterocycles. The zero-order chi connectivity index (χ0) is 32.5. The lowest BCUT2D eigenvalue weighted by atomic mass is 10.0. The van der Waals surface area contributed by atoms with Crippen molar-refractivity contribution in [1.82, 2.24) is 0 Å². The van der Waals surface area contributed by atoms with Crippen molar-refractivity contribution in [2.45, 2.75) is 226 Å². The SMILES string of the molecule is CCCCCCCCCCCCCCCCCC(N)=O.CCCCCCCCCCCCCCCCCC(N)=O.CCO. The Morgan fingerprint density at radius 3 is 0.628 bits per heavy atom. The Kier molecular flexibility index (Phi) is 48.8.